The standard InChI is InChI=1S/C19H22N4O3/c1-13(24)20-14-4-6-15(7-5-14)21-18(25)12-19(26)22-16-8-10-17(11-9-16)23(2)3/h4-11H,12H2,1-3H3,(H,20,24)(H,21,25)(H,22,26). The van der Waals surface area contributed by atoms with E-state index in [4.69, 9.17) is 0 Å². The predicted octanol–water partition coefficient (Wildman–Crippen LogP) is 2.68. The number of hydrogen-bond acceptors (Lipinski definition) is 4. The quantitative estimate of drug-likeness (QED) is 0.696. The van der Waals surface area contributed by atoms with E-state index in [-0.39, 0.29) is 12.3 Å². The molecule has 0 aliphatic heterocycles. The zero-order valence-corrected chi connectivity index (χ0v) is 15.0. The van der Waals surface area contributed by atoms with Gasteiger partial charge in [0.25, 0.3) is 0 Å². The summed E-state index contributed by atoms with van der Waals surface area (Å²) in [6.45, 7) is 1.42. The minimum atomic E-state index is -0.417. The van der Waals surface area contributed by atoms with Crippen LogP contribution in [0.4, 0.5) is 22.7 Å². The molecule has 2 aromatic rings. The Morgan fingerprint density at radius 1 is 0.731 bits per heavy atom. The SMILES string of the molecule is CC(=O)Nc1ccc(NC(=O)CC(=O)Nc2ccc(N(C)C)cc2)cc1. The van der Waals surface area contributed by atoms with Crippen LogP contribution in [0.1, 0.15) is 13.3 Å². The minimum Gasteiger partial charge on any atom is -0.378 e. The second-order valence-corrected chi connectivity index (χ2v) is 5.97. The molecule has 0 aliphatic rings. The van der Waals surface area contributed by atoms with Gasteiger partial charge in [-0.15, -0.1) is 0 Å². The largest absolute Gasteiger partial charge is 0.378 e. The van der Waals surface area contributed by atoms with Crippen molar-refractivity contribution in [2.24, 2.45) is 0 Å². The van der Waals surface area contributed by atoms with Crippen LogP contribution in [0.3, 0.4) is 0 Å². The number of amides is 3. The Morgan fingerprint density at radius 3 is 1.50 bits per heavy atom. The summed E-state index contributed by atoms with van der Waals surface area (Å²) >= 11 is 0. The molecule has 7 heteroatoms. The van der Waals surface area contributed by atoms with E-state index in [1.54, 1.807) is 36.4 Å². The molecule has 136 valence electrons. The van der Waals surface area contributed by atoms with Crippen LogP contribution < -0.4 is 20.9 Å². The molecule has 0 saturated carbocycles. The van der Waals surface area contributed by atoms with Crippen LogP contribution in [-0.2, 0) is 14.4 Å². The highest BCUT2D eigenvalue weighted by atomic mass is 16.2. The summed E-state index contributed by atoms with van der Waals surface area (Å²) in [6.07, 6.45) is -0.289. The van der Waals surface area contributed by atoms with E-state index in [1.165, 1.54) is 6.92 Å². The van der Waals surface area contributed by atoms with Gasteiger partial charge in [-0.2, -0.15) is 0 Å². The Bertz CT molecular complexity index is 783. The van der Waals surface area contributed by atoms with E-state index in [2.05, 4.69) is 16.0 Å². The number of benzene rings is 2. The van der Waals surface area contributed by atoms with Crippen molar-refractivity contribution in [2.45, 2.75) is 13.3 Å². The van der Waals surface area contributed by atoms with Crippen molar-refractivity contribution in [3.8, 4) is 0 Å². The highest BCUT2D eigenvalue weighted by Crippen LogP contribution is 2.16. The molecule has 0 saturated heterocycles. The maximum absolute atomic E-state index is 12.0. The monoisotopic (exact) mass is 354 g/mol. The van der Waals surface area contributed by atoms with Crippen LogP contribution in [0.15, 0.2) is 48.5 Å². The number of nitrogens with zero attached hydrogens (tertiary/aromatic N) is 1. The number of hydrogen-bond donors (Lipinski definition) is 3. The molecule has 0 atom stereocenters. The van der Waals surface area contributed by atoms with Gasteiger partial charge in [0.15, 0.2) is 0 Å². The van der Waals surface area contributed by atoms with Crippen molar-refractivity contribution in [1.29, 1.82) is 0 Å². The highest BCUT2D eigenvalue weighted by molar-refractivity contribution is 6.08. The van der Waals surface area contributed by atoms with E-state index in [9.17, 15) is 14.4 Å². The van der Waals surface area contributed by atoms with Gasteiger partial charge in [0.2, 0.25) is 17.7 Å². The van der Waals surface area contributed by atoms with E-state index in [0.717, 1.165) is 5.69 Å². The summed E-state index contributed by atoms with van der Waals surface area (Å²) in [5.41, 5.74) is 2.83. The molecule has 7 nitrogen and oxygen atoms in total. The lowest BCUT2D eigenvalue weighted by atomic mass is 10.2. The van der Waals surface area contributed by atoms with Gasteiger partial charge in [-0.3, -0.25) is 14.4 Å². The molecule has 0 spiro atoms. The van der Waals surface area contributed by atoms with Gasteiger partial charge in [0.1, 0.15) is 6.42 Å². The van der Waals surface area contributed by atoms with Gasteiger partial charge in [-0.1, -0.05) is 0 Å². The Morgan fingerprint density at radius 2 is 1.12 bits per heavy atom. The summed E-state index contributed by atoms with van der Waals surface area (Å²) in [4.78, 5) is 36.9. The first kappa shape index (κ1) is 19.0. The third kappa shape index (κ3) is 5.94. The Hall–Kier alpha value is -3.35. The fourth-order valence-electron chi connectivity index (χ4n) is 2.24. The molecule has 2 rings (SSSR count). The first-order valence-corrected chi connectivity index (χ1v) is 8.08. The molecule has 0 heterocycles. The van der Waals surface area contributed by atoms with Gasteiger partial charge >= 0.3 is 0 Å². The zero-order chi connectivity index (χ0) is 19.1. The Balaban J connectivity index is 1.84. The summed E-state index contributed by atoms with van der Waals surface area (Å²) in [5, 5.41) is 7.97. The van der Waals surface area contributed by atoms with Crippen LogP contribution in [0.5, 0.6) is 0 Å². The normalized spacial score (nSPS) is 9.96. The number of nitrogens with one attached hydrogen (secondary N) is 3. The van der Waals surface area contributed by atoms with Crippen molar-refractivity contribution in [3.05, 3.63) is 48.5 Å². The molecular weight excluding hydrogens is 332 g/mol. The lowest BCUT2D eigenvalue weighted by Crippen LogP contribution is -2.21. The Labute approximate surface area is 152 Å². The molecule has 2 aromatic carbocycles. The molecule has 0 fully saturated rings. The first-order valence-electron chi connectivity index (χ1n) is 8.08. The average molecular weight is 354 g/mol. The maximum atomic E-state index is 12.0. The summed E-state index contributed by atoms with van der Waals surface area (Å²) < 4.78 is 0. The fraction of sp³-hybridized carbons (Fsp3) is 0.211. The van der Waals surface area contributed by atoms with Gasteiger partial charge in [0.05, 0.1) is 0 Å². The molecule has 3 N–H and O–H groups in total. The molecule has 0 aliphatic carbocycles. The number of carbonyl (C=O) groups excluding carboxylic acids is 3. The van der Waals surface area contributed by atoms with Crippen LogP contribution >= 0.6 is 0 Å². The topological polar surface area (TPSA) is 90.5 Å². The lowest BCUT2D eigenvalue weighted by Gasteiger charge is -2.13. The molecule has 0 aromatic heterocycles. The van der Waals surface area contributed by atoms with E-state index in [0.29, 0.717) is 17.1 Å². The van der Waals surface area contributed by atoms with E-state index in [1.807, 2.05) is 31.1 Å². The van der Waals surface area contributed by atoms with E-state index >= 15 is 0 Å². The maximum Gasteiger partial charge on any atom is 0.233 e. The highest BCUT2D eigenvalue weighted by Gasteiger charge is 2.10. The van der Waals surface area contributed by atoms with Crippen LogP contribution in [0.2, 0.25) is 0 Å². The van der Waals surface area contributed by atoms with Gasteiger partial charge in [-0.05, 0) is 48.5 Å². The van der Waals surface area contributed by atoms with Gasteiger partial charge in [-0.25, -0.2) is 0 Å². The predicted molar refractivity (Wildman–Crippen MR) is 103 cm³/mol. The van der Waals surface area contributed by atoms with Crippen LogP contribution in [-0.4, -0.2) is 31.8 Å². The lowest BCUT2D eigenvalue weighted by molar-refractivity contribution is -0.123. The van der Waals surface area contributed by atoms with Crippen molar-refractivity contribution >= 4 is 40.5 Å². The molecule has 0 bridgehead atoms. The zero-order valence-electron chi connectivity index (χ0n) is 15.0. The molecule has 3 amide bonds. The Kier molecular flexibility index (Phi) is 6.32. The van der Waals surface area contributed by atoms with Crippen molar-refractivity contribution < 1.29 is 14.4 Å². The van der Waals surface area contributed by atoms with Crippen molar-refractivity contribution in [1.82, 2.24) is 0 Å². The number of carbonyl (C=O) groups is 3. The molecule has 26 heavy (non-hydrogen) atoms. The van der Waals surface area contributed by atoms with Gasteiger partial charge in [0, 0.05) is 43.8 Å². The molecule has 0 radical (unpaired) electrons. The molecular formula is C19H22N4O3. The fourth-order valence-corrected chi connectivity index (χ4v) is 2.24. The minimum absolute atomic E-state index is 0.169. The van der Waals surface area contributed by atoms with E-state index < -0.39 is 11.8 Å². The number of anilines is 4. The van der Waals surface area contributed by atoms with Crippen LogP contribution in [0, 0.1) is 0 Å². The second kappa shape index (κ2) is 8.66. The summed E-state index contributed by atoms with van der Waals surface area (Å²) in [7, 11) is 3.86. The third-order valence-electron chi connectivity index (χ3n) is 3.48. The third-order valence-corrected chi connectivity index (χ3v) is 3.48. The summed E-state index contributed by atoms with van der Waals surface area (Å²) in [6, 6.07) is 14.0. The molecule has 0 unspecified atom stereocenters. The average Bonchev–Trinajstić information content (AvgIpc) is 2.56. The van der Waals surface area contributed by atoms with Gasteiger partial charge < -0.3 is 20.9 Å². The second-order valence-electron chi connectivity index (χ2n) is 5.97. The summed E-state index contributed by atoms with van der Waals surface area (Å²) in [5.74, 6) is -0.980. The van der Waals surface area contributed by atoms with Crippen LogP contribution in [0.25, 0.3) is 0 Å². The number of rotatable bonds is 6. The smallest absolute Gasteiger partial charge is 0.233 e. The first-order chi connectivity index (χ1) is 12.3. The van der Waals surface area contributed by atoms with Crippen molar-refractivity contribution in [2.75, 3.05) is 34.9 Å². The van der Waals surface area contributed by atoms with Crippen molar-refractivity contribution in [3.63, 3.8) is 0 Å².